The molecule has 0 radical (unpaired) electrons. The number of carbonyl (C=O) groups is 1. The van der Waals surface area contributed by atoms with Crippen LogP contribution in [0.25, 0.3) is 28.0 Å². The lowest BCUT2D eigenvalue weighted by atomic mass is 10.0. The quantitative estimate of drug-likeness (QED) is 0.233. The normalized spacial score (nSPS) is 11.2. The third-order valence-corrected chi connectivity index (χ3v) is 5.77. The van der Waals surface area contributed by atoms with E-state index in [0.717, 1.165) is 17.0 Å². The zero-order valence-corrected chi connectivity index (χ0v) is 20.4. The molecule has 37 heavy (non-hydrogen) atoms. The van der Waals surface area contributed by atoms with E-state index in [2.05, 4.69) is 10.5 Å². The second-order valence-electron chi connectivity index (χ2n) is 8.29. The molecule has 0 aliphatic rings. The third kappa shape index (κ3) is 5.08. The van der Waals surface area contributed by atoms with Gasteiger partial charge < -0.3 is 4.74 Å². The zero-order chi connectivity index (χ0) is 25.8. The number of hydrogen-bond acceptors (Lipinski definition) is 5. The highest BCUT2D eigenvalue weighted by atomic mass is 19.1. The van der Waals surface area contributed by atoms with Crippen LogP contribution in [0.1, 0.15) is 28.5 Å². The van der Waals surface area contributed by atoms with Gasteiger partial charge in [0.05, 0.1) is 40.8 Å². The van der Waals surface area contributed by atoms with Crippen LogP contribution in [0.2, 0.25) is 0 Å². The lowest BCUT2D eigenvalue weighted by Crippen LogP contribution is -2.18. The molecule has 0 aliphatic heterocycles. The third-order valence-electron chi connectivity index (χ3n) is 5.77. The van der Waals surface area contributed by atoms with E-state index in [1.807, 2.05) is 68.4 Å². The highest BCUT2D eigenvalue weighted by Crippen LogP contribution is 2.29. The summed E-state index contributed by atoms with van der Waals surface area (Å²) >= 11 is 0. The van der Waals surface area contributed by atoms with Gasteiger partial charge >= 0.3 is 0 Å². The Morgan fingerprint density at radius 1 is 1.05 bits per heavy atom. The molecule has 0 saturated carbocycles. The van der Waals surface area contributed by atoms with E-state index in [4.69, 9.17) is 14.8 Å². The molecule has 2 heterocycles. The number of aryl methyl sites for hydroxylation is 1. The van der Waals surface area contributed by atoms with Gasteiger partial charge in [-0.1, -0.05) is 30.3 Å². The van der Waals surface area contributed by atoms with Crippen molar-refractivity contribution in [3.05, 3.63) is 108 Å². The van der Waals surface area contributed by atoms with Crippen molar-refractivity contribution in [1.82, 2.24) is 20.2 Å². The molecule has 0 saturated heterocycles. The molecule has 0 aliphatic carbocycles. The number of rotatable bonds is 7. The number of hydrazone groups is 1. The van der Waals surface area contributed by atoms with E-state index < -0.39 is 5.91 Å². The van der Waals surface area contributed by atoms with Crippen LogP contribution >= 0.6 is 0 Å². The standard InChI is InChI=1S/C29H24FN5O2/c1-3-37-24-15-11-21(12-16-24)26-17-25(29(36)33-31-18-20-9-13-22(30)14-10-20)27-19(2)34-35(28(27)32-26)23-7-5-4-6-8-23/h4-18H,3H2,1-2H3,(H,33,36)/b31-18-. The van der Waals surface area contributed by atoms with Gasteiger partial charge in [0.25, 0.3) is 5.91 Å². The lowest BCUT2D eigenvalue weighted by Gasteiger charge is -2.09. The van der Waals surface area contributed by atoms with Gasteiger partial charge in [-0.25, -0.2) is 19.5 Å². The fourth-order valence-corrected chi connectivity index (χ4v) is 4.03. The molecule has 0 bridgehead atoms. The maximum absolute atomic E-state index is 13.4. The summed E-state index contributed by atoms with van der Waals surface area (Å²) in [5.74, 6) is 0.00680. The minimum Gasteiger partial charge on any atom is -0.494 e. The molecule has 0 unspecified atom stereocenters. The van der Waals surface area contributed by atoms with Crippen molar-refractivity contribution in [2.45, 2.75) is 13.8 Å². The number of halogens is 1. The minimum atomic E-state index is -0.409. The van der Waals surface area contributed by atoms with Gasteiger partial charge in [-0.2, -0.15) is 10.2 Å². The van der Waals surface area contributed by atoms with Crippen molar-refractivity contribution in [2.75, 3.05) is 6.61 Å². The number of nitrogens with zero attached hydrogens (tertiary/aromatic N) is 4. The number of fused-ring (bicyclic) bond motifs is 1. The summed E-state index contributed by atoms with van der Waals surface area (Å²) in [4.78, 5) is 18.3. The van der Waals surface area contributed by atoms with Crippen molar-refractivity contribution < 1.29 is 13.9 Å². The number of hydrogen-bond donors (Lipinski definition) is 1. The van der Waals surface area contributed by atoms with Gasteiger partial charge in [-0.05, 0) is 74.0 Å². The maximum Gasteiger partial charge on any atom is 0.272 e. The number of carbonyl (C=O) groups excluding carboxylic acids is 1. The Balaban J connectivity index is 1.59. The van der Waals surface area contributed by atoms with Crippen LogP contribution < -0.4 is 10.2 Å². The number of amides is 1. The molecule has 5 rings (SSSR count). The second-order valence-corrected chi connectivity index (χ2v) is 8.29. The van der Waals surface area contributed by atoms with Crippen LogP contribution in [0, 0.1) is 12.7 Å². The smallest absolute Gasteiger partial charge is 0.272 e. The average molecular weight is 494 g/mol. The summed E-state index contributed by atoms with van der Waals surface area (Å²) in [7, 11) is 0. The molecular formula is C29H24FN5O2. The molecule has 8 heteroatoms. The first-order chi connectivity index (χ1) is 18.0. The fraction of sp³-hybridized carbons (Fsp3) is 0.103. The first-order valence-electron chi connectivity index (χ1n) is 11.8. The Kier molecular flexibility index (Phi) is 6.72. The van der Waals surface area contributed by atoms with Crippen molar-refractivity contribution in [3.8, 4) is 22.7 Å². The van der Waals surface area contributed by atoms with Crippen LogP contribution in [-0.4, -0.2) is 33.5 Å². The summed E-state index contributed by atoms with van der Waals surface area (Å²) in [5, 5.41) is 9.40. The first kappa shape index (κ1) is 23.9. The van der Waals surface area contributed by atoms with Crippen LogP contribution in [0.3, 0.4) is 0 Å². The van der Waals surface area contributed by atoms with E-state index in [1.165, 1.54) is 18.3 Å². The van der Waals surface area contributed by atoms with Gasteiger partial charge in [-0.15, -0.1) is 0 Å². The molecule has 0 atom stereocenters. The Hall–Kier alpha value is -4.85. The molecular weight excluding hydrogens is 469 g/mol. The topological polar surface area (TPSA) is 81.4 Å². The van der Waals surface area contributed by atoms with E-state index in [9.17, 15) is 9.18 Å². The van der Waals surface area contributed by atoms with Crippen molar-refractivity contribution in [3.63, 3.8) is 0 Å². The largest absolute Gasteiger partial charge is 0.494 e. The number of aromatic nitrogens is 3. The Bertz CT molecular complexity index is 1580. The highest BCUT2D eigenvalue weighted by Gasteiger charge is 2.21. The number of pyridine rings is 1. The molecule has 1 amide bonds. The lowest BCUT2D eigenvalue weighted by molar-refractivity contribution is 0.0956. The molecule has 0 fully saturated rings. The van der Waals surface area contributed by atoms with Gasteiger partial charge in [0.1, 0.15) is 11.6 Å². The van der Waals surface area contributed by atoms with Gasteiger partial charge in [0.15, 0.2) is 5.65 Å². The molecule has 184 valence electrons. The van der Waals surface area contributed by atoms with Crippen LogP contribution in [-0.2, 0) is 0 Å². The minimum absolute atomic E-state index is 0.340. The summed E-state index contributed by atoms with van der Waals surface area (Å²) in [6, 6.07) is 24.8. The fourth-order valence-electron chi connectivity index (χ4n) is 4.03. The number of benzene rings is 3. The predicted octanol–water partition coefficient (Wildman–Crippen LogP) is 5.70. The SMILES string of the molecule is CCOc1ccc(-c2cc(C(=O)N/N=C\c3ccc(F)cc3)c3c(C)nn(-c4ccccc4)c3n2)cc1. The highest BCUT2D eigenvalue weighted by molar-refractivity contribution is 6.08. The van der Waals surface area contributed by atoms with Gasteiger partial charge in [-0.3, -0.25) is 4.79 Å². The van der Waals surface area contributed by atoms with E-state index in [1.54, 1.807) is 22.9 Å². The van der Waals surface area contributed by atoms with Gasteiger partial charge in [0.2, 0.25) is 0 Å². The monoisotopic (exact) mass is 493 g/mol. The molecule has 7 nitrogen and oxygen atoms in total. The van der Waals surface area contributed by atoms with Crippen LogP contribution in [0.4, 0.5) is 4.39 Å². The summed E-state index contributed by atoms with van der Waals surface area (Å²) in [5.41, 5.74) is 7.13. The van der Waals surface area contributed by atoms with Crippen molar-refractivity contribution >= 4 is 23.2 Å². The van der Waals surface area contributed by atoms with E-state index in [-0.39, 0.29) is 5.82 Å². The van der Waals surface area contributed by atoms with Crippen molar-refractivity contribution in [2.24, 2.45) is 5.10 Å². The van der Waals surface area contributed by atoms with Crippen molar-refractivity contribution in [1.29, 1.82) is 0 Å². The predicted molar refractivity (Wildman–Crippen MR) is 142 cm³/mol. The number of para-hydroxylation sites is 1. The van der Waals surface area contributed by atoms with E-state index in [0.29, 0.717) is 40.2 Å². The Morgan fingerprint density at radius 2 is 1.78 bits per heavy atom. The number of nitrogens with one attached hydrogen (secondary N) is 1. The average Bonchev–Trinajstić information content (AvgIpc) is 3.26. The molecule has 1 N–H and O–H groups in total. The molecule has 0 spiro atoms. The molecule has 3 aromatic carbocycles. The second kappa shape index (κ2) is 10.4. The number of ether oxygens (including phenoxy) is 1. The van der Waals surface area contributed by atoms with Crippen LogP contribution in [0.15, 0.2) is 90.0 Å². The van der Waals surface area contributed by atoms with Crippen LogP contribution in [0.5, 0.6) is 5.75 Å². The van der Waals surface area contributed by atoms with Gasteiger partial charge in [0, 0.05) is 5.56 Å². The van der Waals surface area contributed by atoms with E-state index >= 15 is 0 Å². The maximum atomic E-state index is 13.4. The summed E-state index contributed by atoms with van der Waals surface area (Å²) in [6.45, 7) is 4.35. The Labute approximate surface area is 213 Å². The molecule has 2 aromatic heterocycles. The Morgan fingerprint density at radius 3 is 2.49 bits per heavy atom. The first-order valence-corrected chi connectivity index (χ1v) is 11.8. The summed E-state index contributed by atoms with van der Waals surface area (Å²) in [6.07, 6.45) is 1.46. The molecule has 5 aromatic rings. The summed E-state index contributed by atoms with van der Waals surface area (Å²) < 4.78 is 20.5. The zero-order valence-electron chi connectivity index (χ0n) is 20.4.